The maximum atomic E-state index is 12.7. The van der Waals surface area contributed by atoms with E-state index in [4.69, 9.17) is 0 Å². The van der Waals surface area contributed by atoms with Crippen LogP contribution in [-0.2, 0) is 11.0 Å². The van der Waals surface area contributed by atoms with Crippen LogP contribution in [0.5, 0.6) is 0 Å². The molecule has 0 aromatic carbocycles. The average molecular weight is 397 g/mol. The molecule has 3 heterocycles. The summed E-state index contributed by atoms with van der Waals surface area (Å²) in [5, 5.41) is 3.49. The van der Waals surface area contributed by atoms with E-state index in [1.165, 1.54) is 17.8 Å². The van der Waals surface area contributed by atoms with Gasteiger partial charge < -0.3 is 10.2 Å². The van der Waals surface area contributed by atoms with Gasteiger partial charge in [0, 0.05) is 37.7 Å². The monoisotopic (exact) mass is 397 g/mol. The van der Waals surface area contributed by atoms with Gasteiger partial charge in [-0.3, -0.25) is 4.79 Å². The van der Waals surface area contributed by atoms with Crippen molar-refractivity contribution in [1.29, 1.82) is 0 Å². The van der Waals surface area contributed by atoms with Gasteiger partial charge in [0.25, 0.3) is 0 Å². The fourth-order valence-electron chi connectivity index (χ4n) is 2.80. The Kier molecular flexibility index (Phi) is 6.15. The largest absolute Gasteiger partial charge is 0.417 e. The Labute approximate surface area is 158 Å². The quantitative estimate of drug-likeness (QED) is 0.618. The Balaban J connectivity index is 1.52. The van der Waals surface area contributed by atoms with Gasteiger partial charge in [0.1, 0.15) is 5.82 Å². The number of nitrogens with one attached hydrogen (secondary N) is 1. The van der Waals surface area contributed by atoms with E-state index in [-0.39, 0.29) is 17.7 Å². The van der Waals surface area contributed by atoms with Crippen LogP contribution < -0.4 is 10.2 Å². The first-order valence-corrected chi connectivity index (χ1v) is 9.38. The van der Waals surface area contributed by atoms with Crippen LogP contribution in [0.3, 0.4) is 0 Å². The molecule has 0 unspecified atom stereocenters. The first-order chi connectivity index (χ1) is 12.9. The number of rotatable bonds is 5. The molecule has 0 radical (unpaired) electrons. The number of hydrogen-bond acceptors (Lipinski definition) is 6. The third kappa shape index (κ3) is 5.56. The van der Waals surface area contributed by atoms with Crippen molar-refractivity contribution >= 4 is 23.5 Å². The standard InChI is InChI=1S/C17H18F3N5OS/c18-17(19,20)12-4-5-14(23-9-12)25-8-1-3-13(10-25)24-15(26)11-27-16-21-6-2-7-22-16/h2,4-7,9,13H,1,3,8,10-11H2,(H,24,26)/t13-/m1/s1. The first kappa shape index (κ1) is 19.4. The molecular weight excluding hydrogens is 379 g/mol. The number of piperidine rings is 1. The van der Waals surface area contributed by atoms with Gasteiger partial charge in [0.05, 0.1) is 11.3 Å². The van der Waals surface area contributed by atoms with Gasteiger partial charge >= 0.3 is 6.18 Å². The number of alkyl halides is 3. The summed E-state index contributed by atoms with van der Waals surface area (Å²) in [6, 6.07) is 4.03. The summed E-state index contributed by atoms with van der Waals surface area (Å²) in [6.45, 7) is 1.20. The van der Waals surface area contributed by atoms with E-state index in [9.17, 15) is 18.0 Å². The molecule has 0 saturated carbocycles. The minimum atomic E-state index is -4.40. The van der Waals surface area contributed by atoms with Crippen molar-refractivity contribution in [2.24, 2.45) is 0 Å². The molecule has 27 heavy (non-hydrogen) atoms. The van der Waals surface area contributed by atoms with Gasteiger partial charge in [-0.25, -0.2) is 15.0 Å². The van der Waals surface area contributed by atoms with E-state index >= 15 is 0 Å². The van der Waals surface area contributed by atoms with Gasteiger partial charge in [-0.05, 0) is 31.0 Å². The van der Waals surface area contributed by atoms with Gasteiger partial charge in [-0.1, -0.05) is 11.8 Å². The van der Waals surface area contributed by atoms with Crippen LogP contribution in [0.15, 0.2) is 41.9 Å². The van der Waals surface area contributed by atoms with E-state index in [2.05, 4.69) is 20.3 Å². The molecule has 10 heteroatoms. The lowest BCUT2D eigenvalue weighted by molar-refractivity contribution is -0.137. The molecule has 1 saturated heterocycles. The van der Waals surface area contributed by atoms with Crippen molar-refractivity contribution in [3.05, 3.63) is 42.4 Å². The topological polar surface area (TPSA) is 71.0 Å². The number of aromatic nitrogens is 3. The van der Waals surface area contributed by atoms with E-state index in [1.807, 2.05) is 4.90 Å². The summed E-state index contributed by atoms with van der Waals surface area (Å²) < 4.78 is 38.0. The lowest BCUT2D eigenvalue weighted by Crippen LogP contribution is -2.48. The number of carbonyl (C=O) groups is 1. The third-order valence-electron chi connectivity index (χ3n) is 4.06. The highest BCUT2D eigenvalue weighted by atomic mass is 32.2. The highest BCUT2D eigenvalue weighted by Crippen LogP contribution is 2.29. The second kappa shape index (κ2) is 8.55. The molecule has 144 valence electrons. The Bertz CT molecular complexity index is 757. The van der Waals surface area contributed by atoms with Crippen LogP contribution in [0.4, 0.5) is 19.0 Å². The molecule has 2 aromatic heterocycles. The predicted molar refractivity (Wildman–Crippen MR) is 95.4 cm³/mol. The fourth-order valence-corrected chi connectivity index (χ4v) is 3.42. The van der Waals surface area contributed by atoms with Crippen molar-refractivity contribution in [2.45, 2.75) is 30.2 Å². The molecule has 1 fully saturated rings. The maximum Gasteiger partial charge on any atom is 0.417 e. The summed E-state index contributed by atoms with van der Waals surface area (Å²) in [6.07, 6.45) is 1.31. The summed E-state index contributed by atoms with van der Waals surface area (Å²) in [4.78, 5) is 26.1. The average Bonchev–Trinajstić information content (AvgIpc) is 2.67. The predicted octanol–water partition coefficient (Wildman–Crippen LogP) is 2.77. The number of hydrogen-bond donors (Lipinski definition) is 1. The highest BCUT2D eigenvalue weighted by molar-refractivity contribution is 7.99. The molecule has 1 amide bonds. The third-order valence-corrected chi connectivity index (χ3v) is 4.94. The zero-order chi connectivity index (χ0) is 19.3. The van der Waals surface area contributed by atoms with E-state index in [0.29, 0.717) is 24.1 Å². The second-order valence-electron chi connectivity index (χ2n) is 6.08. The summed E-state index contributed by atoms with van der Waals surface area (Å²) in [5.41, 5.74) is -0.770. The Hall–Kier alpha value is -2.36. The molecule has 1 N–H and O–H groups in total. The normalized spacial score (nSPS) is 17.6. The minimum absolute atomic E-state index is 0.0763. The number of carbonyl (C=O) groups excluding carboxylic acids is 1. The fraction of sp³-hybridized carbons (Fsp3) is 0.412. The second-order valence-corrected chi connectivity index (χ2v) is 7.02. The minimum Gasteiger partial charge on any atom is -0.355 e. The van der Waals surface area contributed by atoms with Crippen LogP contribution in [0.2, 0.25) is 0 Å². The van der Waals surface area contributed by atoms with Crippen molar-refractivity contribution in [1.82, 2.24) is 20.3 Å². The molecule has 0 spiro atoms. The number of halogens is 3. The van der Waals surface area contributed by atoms with Gasteiger partial charge in [0.2, 0.25) is 5.91 Å². The smallest absolute Gasteiger partial charge is 0.355 e. The number of nitrogens with zero attached hydrogens (tertiary/aromatic N) is 4. The molecule has 6 nitrogen and oxygen atoms in total. The number of anilines is 1. The van der Waals surface area contributed by atoms with Crippen molar-refractivity contribution in [3.63, 3.8) is 0 Å². The SMILES string of the molecule is O=C(CSc1ncccn1)N[C@@H]1CCCN(c2ccc(C(F)(F)F)cn2)C1. The summed E-state index contributed by atoms with van der Waals surface area (Å²) in [5.74, 6) is 0.563. The van der Waals surface area contributed by atoms with E-state index < -0.39 is 11.7 Å². The molecule has 1 atom stereocenters. The molecular formula is C17H18F3N5OS. The highest BCUT2D eigenvalue weighted by Gasteiger charge is 2.31. The van der Waals surface area contributed by atoms with Crippen LogP contribution in [-0.4, -0.2) is 45.7 Å². The molecule has 0 bridgehead atoms. The van der Waals surface area contributed by atoms with Crippen LogP contribution in [0, 0.1) is 0 Å². The number of amides is 1. The van der Waals surface area contributed by atoms with Crippen molar-refractivity contribution in [2.75, 3.05) is 23.7 Å². The van der Waals surface area contributed by atoms with Crippen LogP contribution in [0.25, 0.3) is 0 Å². The molecule has 3 rings (SSSR count). The lowest BCUT2D eigenvalue weighted by atomic mass is 10.1. The summed E-state index contributed by atoms with van der Waals surface area (Å²) in [7, 11) is 0. The zero-order valence-corrected chi connectivity index (χ0v) is 15.1. The maximum absolute atomic E-state index is 12.7. The van der Waals surface area contributed by atoms with Crippen LogP contribution in [0.1, 0.15) is 18.4 Å². The number of thioether (sulfide) groups is 1. The number of pyridine rings is 1. The molecule has 0 aliphatic carbocycles. The van der Waals surface area contributed by atoms with E-state index in [0.717, 1.165) is 25.1 Å². The first-order valence-electron chi connectivity index (χ1n) is 8.39. The Morgan fingerprint density at radius 3 is 2.70 bits per heavy atom. The van der Waals surface area contributed by atoms with E-state index in [1.54, 1.807) is 18.5 Å². The van der Waals surface area contributed by atoms with Gasteiger partial charge in [-0.2, -0.15) is 13.2 Å². The van der Waals surface area contributed by atoms with Crippen LogP contribution >= 0.6 is 11.8 Å². The Morgan fingerprint density at radius 1 is 1.26 bits per heavy atom. The Morgan fingerprint density at radius 2 is 2.04 bits per heavy atom. The van der Waals surface area contributed by atoms with Crippen molar-refractivity contribution in [3.8, 4) is 0 Å². The van der Waals surface area contributed by atoms with Gasteiger partial charge in [0.15, 0.2) is 5.16 Å². The summed E-state index contributed by atoms with van der Waals surface area (Å²) >= 11 is 1.25. The lowest BCUT2D eigenvalue weighted by Gasteiger charge is -2.34. The zero-order valence-electron chi connectivity index (χ0n) is 14.3. The molecule has 1 aliphatic rings. The molecule has 2 aromatic rings. The van der Waals surface area contributed by atoms with Crippen molar-refractivity contribution < 1.29 is 18.0 Å². The van der Waals surface area contributed by atoms with Gasteiger partial charge in [-0.15, -0.1) is 0 Å². The molecule has 1 aliphatic heterocycles.